The standard InChI is InChI=1S/C26H37NO6/c1-26(25(30)33-5,22-9-8-20(17-28)21(16-22)18-29)12-6-13-27(2)14-11-19-7-10-23(31-3)24(15-19)32-4/h7-10,15-16,28-29H,6,11-14,17-18H2,1-5H3. The fourth-order valence-electron chi connectivity index (χ4n) is 4.03. The number of aliphatic hydroxyl groups is 2. The molecule has 0 spiro atoms. The molecular formula is C26H37NO6. The van der Waals surface area contributed by atoms with E-state index in [0.29, 0.717) is 23.3 Å². The summed E-state index contributed by atoms with van der Waals surface area (Å²) >= 11 is 0. The molecule has 33 heavy (non-hydrogen) atoms. The van der Waals surface area contributed by atoms with Crippen LogP contribution in [0, 0.1) is 0 Å². The van der Waals surface area contributed by atoms with Crippen molar-refractivity contribution in [1.29, 1.82) is 0 Å². The Kier molecular flexibility index (Phi) is 10.2. The van der Waals surface area contributed by atoms with Gasteiger partial charge in [-0.15, -0.1) is 0 Å². The van der Waals surface area contributed by atoms with Gasteiger partial charge in [0, 0.05) is 6.54 Å². The van der Waals surface area contributed by atoms with Crippen LogP contribution in [0.5, 0.6) is 11.5 Å². The molecule has 1 unspecified atom stereocenters. The molecule has 2 rings (SSSR count). The number of ether oxygens (including phenoxy) is 3. The highest BCUT2D eigenvalue weighted by Gasteiger charge is 2.36. The Bertz CT molecular complexity index is 916. The molecule has 0 saturated heterocycles. The Morgan fingerprint density at radius 3 is 2.24 bits per heavy atom. The van der Waals surface area contributed by atoms with Gasteiger partial charge in [-0.2, -0.15) is 0 Å². The van der Waals surface area contributed by atoms with Gasteiger partial charge in [0.1, 0.15) is 0 Å². The predicted molar refractivity (Wildman–Crippen MR) is 128 cm³/mol. The second-order valence-electron chi connectivity index (χ2n) is 8.47. The van der Waals surface area contributed by atoms with Crippen LogP contribution in [-0.2, 0) is 34.6 Å². The lowest BCUT2D eigenvalue weighted by Crippen LogP contribution is -2.35. The topological polar surface area (TPSA) is 88.5 Å². The number of aliphatic hydroxyl groups excluding tert-OH is 2. The van der Waals surface area contributed by atoms with Crippen LogP contribution < -0.4 is 9.47 Å². The lowest BCUT2D eigenvalue weighted by molar-refractivity contribution is -0.147. The van der Waals surface area contributed by atoms with Gasteiger partial charge < -0.3 is 29.3 Å². The Morgan fingerprint density at radius 1 is 0.939 bits per heavy atom. The summed E-state index contributed by atoms with van der Waals surface area (Å²) < 4.78 is 15.8. The predicted octanol–water partition coefficient (Wildman–Crippen LogP) is 3.07. The number of carbonyl (C=O) groups is 1. The molecule has 182 valence electrons. The molecular weight excluding hydrogens is 422 g/mol. The number of methoxy groups -OCH3 is 3. The molecule has 0 fully saturated rings. The monoisotopic (exact) mass is 459 g/mol. The van der Waals surface area contributed by atoms with E-state index in [1.165, 1.54) is 12.7 Å². The summed E-state index contributed by atoms with van der Waals surface area (Å²) in [5, 5.41) is 19.1. The maximum atomic E-state index is 12.7. The number of benzene rings is 2. The molecule has 0 saturated carbocycles. The Hall–Kier alpha value is -2.61. The number of carbonyl (C=O) groups excluding carboxylic acids is 1. The van der Waals surface area contributed by atoms with E-state index in [4.69, 9.17) is 14.2 Å². The van der Waals surface area contributed by atoms with Gasteiger partial charge in [-0.05, 0) is 74.2 Å². The van der Waals surface area contributed by atoms with E-state index in [2.05, 4.69) is 11.9 Å². The molecule has 0 aliphatic carbocycles. The summed E-state index contributed by atoms with van der Waals surface area (Å²) in [5.41, 5.74) is 2.39. The maximum absolute atomic E-state index is 12.7. The highest BCUT2D eigenvalue weighted by atomic mass is 16.5. The highest BCUT2D eigenvalue weighted by molar-refractivity contribution is 5.82. The summed E-state index contributed by atoms with van der Waals surface area (Å²) in [5.74, 6) is 1.13. The van der Waals surface area contributed by atoms with E-state index in [9.17, 15) is 15.0 Å². The molecule has 0 radical (unpaired) electrons. The molecule has 0 aromatic heterocycles. The second kappa shape index (κ2) is 12.6. The quantitative estimate of drug-likeness (QED) is 0.445. The zero-order chi connectivity index (χ0) is 24.4. The summed E-state index contributed by atoms with van der Waals surface area (Å²) in [4.78, 5) is 15.0. The van der Waals surface area contributed by atoms with Gasteiger partial charge in [0.05, 0.1) is 40.0 Å². The average Bonchev–Trinajstić information content (AvgIpc) is 2.85. The van der Waals surface area contributed by atoms with E-state index in [1.54, 1.807) is 26.4 Å². The molecule has 7 nitrogen and oxygen atoms in total. The largest absolute Gasteiger partial charge is 0.493 e. The van der Waals surface area contributed by atoms with Crippen molar-refractivity contribution in [3.8, 4) is 11.5 Å². The van der Waals surface area contributed by atoms with Crippen molar-refractivity contribution in [3.05, 3.63) is 58.7 Å². The smallest absolute Gasteiger partial charge is 0.315 e. The van der Waals surface area contributed by atoms with Gasteiger partial charge in [0.2, 0.25) is 0 Å². The molecule has 7 heteroatoms. The first kappa shape index (κ1) is 26.6. The van der Waals surface area contributed by atoms with Crippen LogP contribution in [0.4, 0.5) is 0 Å². The molecule has 0 aliphatic heterocycles. The lowest BCUT2D eigenvalue weighted by atomic mass is 9.77. The average molecular weight is 460 g/mol. The van der Waals surface area contributed by atoms with Crippen molar-refractivity contribution in [3.63, 3.8) is 0 Å². The number of esters is 1. The molecule has 1 atom stereocenters. The minimum absolute atomic E-state index is 0.157. The van der Waals surface area contributed by atoms with Crippen molar-refractivity contribution < 1.29 is 29.2 Å². The van der Waals surface area contributed by atoms with E-state index in [1.807, 2.05) is 31.2 Å². The van der Waals surface area contributed by atoms with Gasteiger partial charge in [0.25, 0.3) is 0 Å². The fourth-order valence-corrected chi connectivity index (χ4v) is 4.03. The third kappa shape index (κ3) is 6.69. The first-order chi connectivity index (χ1) is 15.8. The summed E-state index contributed by atoms with van der Waals surface area (Å²) in [6.07, 6.45) is 2.27. The molecule has 0 amide bonds. The van der Waals surface area contributed by atoms with E-state index in [-0.39, 0.29) is 19.2 Å². The first-order valence-electron chi connectivity index (χ1n) is 11.1. The maximum Gasteiger partial charge on any atom is 0.315 e. The van der Waals surface area contributed by atoms with Gasteiger partial charge in [0.15, 0.2) is 11.5 Å². The second-order valence-corrected chi connectivity index (χ2v) is 8.47. The van der Waals surface area contributed by atoms with Gasteiger partial charge in [-0.1, -0.05) is 24.3 Å². The number of nitrogens with zero attached hydrogens (tertiary/aromatic N) is 1. The molecule has 0 aliphatic rings. The van der Waals surface area contributed by atoms with Gasteiger partial charge >= 0.3 is 5.97 Å². The SMILES string of the molecule is COC(=O)C(C)(CCCN(C)CCc1ccc(OC)c(OC)c1)c1ccc(CO)c(CO)c1. The van der Waals surface area contributed by atoms with Gasteiger partial charge in [-0.3, -0.25) is 4.79 Å². The van der Waals surface area contributed by atoms with Crippen LogP contribution in [-0.4, -0.2) is 62.5 Å². The highest BCUT2D eigenvalue weighted by Crippen LogP contribution is 2.32. The third-order valence-corrected chi connectivity index (χ3v) is 6.27. The normalized spacial score (nSPS) is 13.0. The van der Waals surface area contributed by atoms with Crippen LogP contribution >= 0.6 is 0 Å². The van der Waals surface area contributed by atoms with E-state index in [0.717, 1.165) is 37.2 Å². The fraction of sp³-hybridized carbons (Fsp3) is 0.500. The van der Waals surface area contributed by atoms with Gasteiger partial charge in [-0.25, -0.2) is 0 Å². The van der Waals surface area contributed by atoms with Crippen molar-refractivity contribution in [2.45, 2.75) is 44.8 Å². The number of rotatable bonds is 13. The summed E-state index contributed by atoms with van der Waals surface area (Å²) in [6, 6.07) is 11.3. The summed E-state index contributed by atoms with van der Waals surface area (Å²) in [6.45, 7) is 3.21. The molecule has 2 N–H and O–H groups in total. The van der Waals surface area contributed by atoms with Crippen LogP contribution in [0.2, 0.25) is 0 Å². The van der Waals surface area contributed by atoms with Crippen LogP contribution in [0.3, 0.4) is 0 Å². The zero-order valence-electron chi connectivity index (χ0n) is 20.4. The Morgan fingerprint density at radius 2 is 1.64 bits per heavy atom. The Balaban J connectivity index is 2.00. The number of hydrogen-bond acceptors (Lipinski definition) is 7. The Labute approximate surface area is 196 Å². The number of likely N-dealkylation sites (N-methyl/N-ethyl adjacent to an activating group) is 1. The van der Waals surface area contributed by atoms with Crippen LogP contribution in [0.1, 0.15) is 42.0 Å². The minimum atomic E-state index is -0.836. The molecule has 0 bridgehead atoms. The molecule has 2 aromatic rings. The van der Waals surface area contributed by atoms with Crippen molar-refractivity contribution in [1.82, 2.24) is 4.90 Å². The summed E-state index contributed by atoms with van der Waals surface area (Å²) in [7, 11) is 6.72. The minimum Gasteiger partial charge on any atom is -0.493 e. The number of hydrogen-bond donors (Lipinski definition) is 2. The zero-order valence-corrected chi connectivity index (χ0v) is 20.4. The first-order valence-corrected chi connectivity index (χ1v) is 11.1. The van der Waals surface area contributed by atoms with Crippen molar-refractivity contribution in [2.75, 3.05) is 41.5 Å². The van der Waals surface area contributed by atoms with Crippen LogP contribution in [0.15, 0.2) is 36.4 Å². The van der Waals surface area contributed by atoms with Crippen molar-refractivity contribution >= 4 is 5.97 Å². The lowest BCUT2D eigenvalue weighted by Gasteiger charge is -2.29. The van der Waals surface area contributed by atoms with Crippen molar-refractivity contribution in [2.24, 2.45) is 0 Å². The van der Waals surface area contributed by atoms with E-state index >= 15 is 0 Å². The van der Waals surface area contributed by atoms with E-state index < -0.39 is 5.41 Å². The molecule has 0 heterocycles. The third-order valence-electron chi connectivity index (χ3n) is 6.27. The molecule has 2 aromatic carbocycles. The van der Waals surface area contributed by atoms with Crippen LogP contribution in [0.25, 0.3) is 0 Å².